The lowest BCUT2D eigenvalue weighted by atomic mass is 9.94. The molecule has 1 aliphatic rings. The van der Waals surface area contributed by atoms with Gasteiger partial charge < -0.3 is 0 Å². The summed E-state index contributed by atoms with van der Waals surface area (Å²) in [5.41, 5.74) is 1.12. The lowest BCUT2D eigenvalue weighted by Gasteiger charge is -2.12. The smallest absolute Gasteiger partial charge is 0.181 e. The molecule has 0 bridgehead atoms. The second kappa shape index (κ2) is 6.15. The number of hydrogen-bond acceptors (Lipinski definition) is 2. The molecule has 3 rings (SSSR count). The fourth-order valence-corrected chi connectivity index (χ4v) is 3.67. The summed E-state index contributed by atoms with van der Waals surface area (Å²) in [7, 11) is -4.06. The first kappa shape index (κ1) is 17.4. The molecule has 0 saturated heterocycles. The zero-order valence-corrected chi connectivity index (χ0v) is 13.8. The predicted octanol–water partition coefficient (Wildman–Crippen LogP) is 4.52. The summed E-state index contributed by atoms with van der Waals surface area (Å²) >= 11 is 0. The average Bonchev–Trinajstić information content (AvgIpc) is 2.93. The van der Waals surface area contributed by atoms with Gasteiger partial charge >= 0.3 is 0 Å². The van der Waals surface area contributed by atoms with Crippen LogP contribution in [0.4, 0.5) is 17.6 Å². The Morgan fingerprint density at radius 2 is 1.20 bits per heavy atom. The van der Waals surface area contributed by atoms with Crippen LogP contribution in [0.3, 0.4) is 0 Å². The number of sulfone groups is 1. The van der Waals surface area contributed by atoms with Crippen LogP contribution in [0.25, 0.3) is 11.1 Å². The Balaban J connectivity index is 2.10. The van der Waals surface area contributed by atoms with Crippen molar-refractivity contribution < 1.29 is 26.0 Å². The molecule has 0 atom stereocenters. The molecule has 2 nitrogen and oxygen atoms in total. The summed E-state index contributed by atoms with van der Waals surface area (Å²) in [6.45, 7) is 0. The summed E-state index contributed by atoms with van der Waals surface area (Å²) in [6, 6.07) is 4.76. The minimum atomic E-state index is -4.06. The molecular weight excluding hydrogens is 356 g/mol. The van der Waals surface area contributed by atoms with Crippen molar-refractivity contribution in [1.82, 2.24) is 0 Å². The Labute approximate surface area is 142 Å². The number of hydrogen-bond donors (Lipinski definition) is 0. The van der Waals surface area contributed by atoms with Gasteiger partial charge in [0.1, 0.15) is 28.2 Å². The van der Waals surface area contributed by atoms with Crippen molar-refractivity contribution in [3.8, 4) is 0 Å². The highest BCUT2D eigenvalue weighted by Gasteiger charge is 2.23. The van der Waals surface area contributed by atoms with Crippen LogP contribution in [0.5, 0.6) is 0 Å². The van der Waals surface area contributed by atoms with E-state index in [2.05, 4.69) is 0 Å². The molecule has 0 saturated carbocycles. The minimum Gasteiger partial charge on any atom is -0.224 e. The van der Waals surface area contributed by atoms with E-state index in [9.17, 15) is 26.0 Å². The molecule has 0 radical (unpaired) electrons. The molecule has 0 fully saturated rings. The quantitative estimate of drug-likeness (QED) is 0.747. The third-order valence-corrected chi connectivity index (χ3v) is 4.92. The largest absolute Gasteiger partial charge is 0.224 e. The van der Waals surface area contributed by atoms with Crippen LogP contribution in [0.2, 0.25) is 0 Å². The van der Waals surface area contributed by atoms with E-state index in [0.717, 1.165) is 30.3 Å². The van der Waals surface area contributed by atoms with Gasteiger partial charge in [-0.05, 0) is 53.0 Å². The van der Waals surface area contributed by atoms with Crippen molar-refractivity contribution in [1.29, 1.82) is 0 Å². The van der Waals surface area contributed by atoms with Crippen LogP contribution in [-0.4, -0.2) is 14.7 Å². The van der Waals surface area contributed by atoms with E-state index in [4.69, 9.17) is 0 Å². The van der Waals surface area contributed by atoms with Gasteiger partial charge in [-0.15, -0.1) is 0 Å². The van der Waals surface area contributed by atoms with Crippen molar-refractivity contribution in [3.63, 3.8) is 0 Å². The molecule has 25 heavy (non-hydrogen) atoms. The third kappa shape index (κ3) is 3.37. The van der Waals surface area contributed by atoms with Crippen molar-refractivity contribution in [3.05, 3.63) is 76.9 Å². The van der Waals surface area contributed by atoms with Crippen LogP contribution in [0.15, 0.2) is 47.4 Å². The second-order valence-electron chi connectivity index (χ2n) is 5.67. The lowest BCUT2D eigenvalue weighted by molar-refractivity contribution is 0.521. The average molecular weight is 368 g/mol. The zero-order chi connectivity index (χ0) is 18.4. The van der Waals surface area contributed by atoms with Crippen LogP contribution in [-0.2, 0) is 9.84 Å². The van der Waals surface area contributed by atoms with Gasteiger partial charge in [-0.1, -0.05) is 12.2 Å². The Bertz CT molecular complexity index is 994. The summed E-state index contributed by atoms with van der Waals surface area (Å²) < 4.78 is 78.1. The Kier molecular flexibility index (Phi) is 4.28. The maximum atomic E-state index is 14.1. The highest BCUT2D eigenvalue weighted by Crippen LogP contribution is 2.38. The van der Waals surface area contributed by atoms with E-state index in [1.54, 1.807) is 12.2 Å². The van der Waals surface area contributed by atoms with E-state index < -0.39 is 38.0 Å². The molecule has 0 aliphatic heterocycles. The summed E-state index contributed by atoms with van der Waals surface area (Å²) in [6.07, 6.45) is 4.44. The monoisotopic (exact) mass is 368 g/mol. The highest BCUT2D eigenvalue weighted by atomic mass is 32.2. The number of allylic oxidation sites excluding steroid dienone is 4. The highest BCUT2D eigenvalue weighted by molar-refractivity contribution is 7.90. The van der Waals surface area contributed by atoms with Crippen molar-refractivity contribution in [2.75, 3.05) is 6.26 Å². The minimum absolute atomic E-state index is 0.0934. The van der Waals surface area contributed by atoms with Crippen LogP contribution in [0, 0.1) is 23.3 Å². The van der Waals surface area contributed by atoms with Gasteiger partial charge in [-0.3, -0.25) is 0 Å². The second-order valence-corrected chi connectivity index (χ2v) is 7.62. The van der Waals surface area contributed by atoms with E-state index in [1.807, 2.05) is 0 Å². The van der Waals surface area contributed by atoms with Gasteiger partial charge in [0.25, 0.3) is 0 Å². The first-order chi connectivity index (χ1) is 11.7. The molecule has 1 aliphatic carbocycles. The van der Waals surface area contributed by atoms with Gasteiger partial charge in [-0.25, -0.2) is 26.0 Å². The number of halogens is 4. The van der Waals surface area contributed by atoms with Gasteiger partial charge in [0, 0.05) is 12.3 Å². The van der Waals surface area contributed by atoms with Crippen LogP contribution < -0.4 is 0 Å². The molecule has 130 valence electrons. The van der Waals surface area contributed by atoms with Crippen molar-refractivity contribution in [2.45, 2.75) is 11.3 Å². The molecule has 0 heterocycles. The van der Waals surface area contributed by atoms with Gasteiger partial charge in [0.05, 0.1) is 0 Å². The van der Waals surface area contributed by atoms with Crippen LogP contribution >= 0.6 is 0 Å². The fraction of sp³-hybridized carbons (Fsp3) is 0.111. The third-order valence-electron chi connectivity index (χ3n) is 3.79. The maximum Gasteiger partial charge on any atom is 0.181 e. The molecule has 0 N–H and O–H groups in total. The lowest BCUT2D eigenvalue weighted by Crippen LogP contribution is -2.05. The molecular formula is C18H12F4O2S. The SMILES string of the molecule is CS(=O)(=O)c1c(F)cc(C2=CCC=C2c2cc(F)cc(F)c2)cc1F. The molecule has 2 aromatic carbocycles. The van der Waals surface area contributed by atoms with Crippen LogP contribution in [0.1, 0.15) is 17.5 Å². The Hall–Kier alpha value is -2.41. The molecule has 2 aromatic rings. The first-order valence-electron chi connectivity index (χ1n) is 7.23. The van der Waals surface area contributed by atoms with E-state index in [0.29, 0.717) is 23.8 Å². The number of benzene rings is 2. The Morgan fingerprint density at radius 1 is 0.760 bits per heavy atom. The first-order valence-corrected chi connectivity index (χ1v) is 9.12. The molecule has 7 heteroatoms. The van der Waals surface area contributed by atoms with Gasteiger partial charge in [-0.2, -0.15) is 0 Å². The molecule has 0 amide bonds. The standard InChI is InChI=1S/C18H12F4O2S/c1-25(23,24)18-16(21)7-11(8-17(18)22)15-4-2-3-14(15)10-5-12(19)9-13(20)6-10/h3-9H,2H2,1H3. The molecule has 0 unspecified atom stereocenters. The van der Waals surface area contributed by atoms with Gasteiger partial charge in [0.2, 0.25) is 0 Å². The normalized spacial score (nSPS) is 14.4. The van der Waals surface area contributed by atoms with E-state index >= 15 is 0 Å². The summed E-state index contributed by atoms with van der Waals surface area (Å²) in [5, 5.41) is 0. The summed E-state index contributed by atoms with van der Waals surface area (Å²) in [5.74, 6) is -3.97. The van der Waals surface area contributed by atoms with E-state index in [-0.39, 0.29) is 11.1 Å². The van der Waals surface area contributed by atoms with Crippen molar-refractivity contribution >= 4 is 21.0 Å². The topological polar surface area (TPSA) is 34.1 Å². The summed E-state index contributed by atoms with van der Waals surface area (Å²) in [4.78, 5) is -1.00. The molecule has 0 spiro atoms. The predicted molar refractivity (Wildman–Crippen MR) is 86.4 cm³/mol. The van der Waals surface area contributed by atoms with E-state index in [1.165, 1.54) is 0 Å². The maximum absolute atomic E-state index is 14.1. The fourth-order valence-electron chi connectivity index (χ4n) is 2.84. The molecule has 0 aromatic heterocycles. The van der Waals surface area contributed by atoms with Crippen molar-refractivity contribution in [2.24, 2.45) is 0 Å². The number of rotatable bonds is 3. The van der Waals surface area contributed by atoms with Gasteiger partial charge in [0.15, 0.2) is 9.84 Å². The zero-order valence-electron chi connectivity index (χ0n) is 13.0. The Morgan fingerprint density at radius 3 is 1.64 bits per heavy atom.